The molecule has 2 N–H and O–H groups in total. The number of nitrogens with zero attached hydrogens (tertiary/aromatic N) is 2. The highest BCUT2D eigenvalue weighted by Crippen LogP contribution is 2.29. The van der Waals surface area contributed by atoms with Crippen molar-refractivity contribution in [1.29, 1.82) is 0 Å². The fraction of sp³-hybridized carbons (Fsp3) is 0.118. The average molecular weight is 375 g/mol. The van der Waals surface area contributed by atoms with E-state index in [9.17, 15) is 4.79 Å². The molecule has 2 aromatic heterocycles. The minimum atomic E-state index is -0.396. The van der Waals surface area contributed by atoms with Crippen LogP contribution in [0.3, 0.4) is 0 Å². The lowest BCUT2D eigenvalue weighted by Crippen LogP contribution is -2.17. The van der Waals surface area contributed by atoms with E-state index in [0.29, 0.717) is 10.9 Å². The molecule has 0 aliphatic carbocycles. The van der Waals surface area contributed by atoms with E-state index >= 15 is 0 Å². The van der Waals surface area contributed by atoms with Gasteiger partial charge in [0, 0.05) is 0 Å². The van der Waals surface area contributed by atoms with Crippen LogP contribution in [0.25, 0.3) is 10.6 Å². The third kappa shape index (κ3) is 4.46. The number of aromatic nitrogens is 2. The minimum Gasteiger partial charge on any atom is -0.494 e. The van der Waals surface area contributed by atoms with Crippen LogP contribution in [-0.4, -0.2) is 28.9 Å². The molecule has 2 heterocycles. The van der Waals surface area contributed by atoms with Crippen LogP contribution in [0.1, 0.15) is 23.0 Å². The molecule has 0 saturated heterocycles. The Labute approximate surface area is 153 Å². The van der Waals surface area contributed by atoms with E-state index in [-0.39, 0.29) is 5.69 Å². The standard InChI is InChI=1S/C17H15ClN4O2S/c1-2-24-12-5-3-11(4-6-12)10-19-22-17(23)14-9-13(20-21-14)15-7-8-16(18)25-15/h3-10H,2H2,1H3,(H,20,21)(H,22,23). The average Bonchev–Trinajstić information content (AvgIpc) is 3.25. The molecule has 1 amide bonds. The Bertz CT molecular complexity index is 886. The number of carbonyl (C=O) groups excluding carboxylic acids is 1. The molecule has 3 aromatic rings. The zero-order valence-corrected chi connectivity index (χ0v) is 14.9. The van der Waals surface area contributed by atoms with Crippen molar-refractivity contribution in [2.24, 2.45) is 5.10 Å². The Morgan fingerprint density at radius 2 is 2.16 bits per heavy atom. The van der Waals surface area contributed by atoms with Gasteiger partial charge in [-0.15, -0.1) is 11.3 Å². The van der Waals surface area contributed by atoms with Gasteiger partial charge in [-0.25, -0.2) is 5.43 Å². The van der Waals surface area contributed by atoms with Gasteiger partial charge in [-0.2, -0.15) is 10.2 Å². The molecule has 6 nitrogen and oxygen atoms in total. The van der Waals surface area contributed by atoms with E-state index in [4.69, 9.17) is 16.3 Å². The van der Waals surface area contributed by atoms with Crippen LogP contribution in [0.5, 0.6) is 5.75 Å². The number of carbonyl (C=O) groups is 1. The first kappa shape index (κ1) is 17.2. The lowest BCUT2D eigenvalue weighted by atomic mass is 10.2. The van der Waals surface area contributed by atoms with Gasteiger partial charge in [-0.3, -0.25) is 9.89 Å². The van der Waals surface area contributed by atoms with Crippen molar-refractivity contribution in [3.05, 3.63) is 58.1 Å². The number of aromatic amines is 1. The normalized spacial score (nSPS) is 11.0. The summed E-state index contributed by atoms with van der Waals surface area (Å²) in [5.41, 5.74) is 4.29. The number of hydrogen-bond acceptors (Lipinski definition) is 5. The number of amides is 1. The van der Waals surface area contributed by atoms with Crippen LogP contribution < -0.4 is 10.2 Å². The fourth-order valence-corrected chi connectivity index (χ4v) is 3.07. The number of ether oxygens (including phenoxy) is 1. The first-order chi connectivity index (χ1) is 12.2. The molecule has 1 aromatic carbocycles. The molecular weight excluding hydrogens is 360 g/mol. The number of benzene rings is 1. The van der Waals surface area contributed by atoms with Crippen LogP contribution in [0.2, 0.25) is 4.34 Å². The third-order valence-electron chi connectivity index (χ3n) is 3.22. The Morgan fingerprint density at radius 1 is 1.36 bits per heavy atom. The smallest absolute Gasteiger partial charge is 0.291 e. The quantitative estimate of drug-likeness (QED) is 0.506. The Balaban J connectivity index is 1.59. The van der Waals surface area contributed by atoms with Crippen molar-refractivity contribution >= 4 is 35.1 Å². The van der Waals surface area contributed by atoms with E-state index in [2.05, 4.69) is 20.7 Å². The number of hydrazone groups is 1. The summed E-state index contributed by atoms with van der Waals surface area (Å²) in [6.45, 7) is 2.55. The highest BCUT2D eigenvalue weighted by atomic mass is 35.5. The van der Waals surface area contributed by atoms with Gasteiger partial charge in [0.1, 0.15) is 5.75 Å². The molecule has 0 saturated carbocycles. The molecule has 25 heavy (non-hydrogen) atoms. The van der Waals surface area contributed by atoms with Crippen LogP contribution >= 0.6 is 22.9 Å². The van der Waals surface area contributed by atoms with Gasteiger partial charge in [0.05, 0.1) is 27.7 Å². The van der Waals surface area contributed by atoms with Gasteiger partial charge >= 0.3 is 0 Å². The second-order valence-electron chi connectivity index (χ2n) is 4.97. The Hall–Kier alpha value is -2.64. The van der Waals surface area contributed by atoms with E-state index in [1.807, 2.05) is 37.3 Å². The first-order valence-electron chi connectivity index (χ1n) is 7.53. The Morgan fingerprint density at radius 3 is 2.84 bits per heavy atom. The molecule has 3 rings (SSSR count). The zero-order valence-electron chi connectivity index (χ0n) is 13.3. The van der Waals surface area contributed by atoms with E-state index in [1.54, 1.807) is 18.3 Å². The summed E-state index contributed by atoms with van der Waals surface area (Å²) in [5.74, 6) is 0.397. The number of rotatable bonds is 6. The van der Waals surface area contributed by atoms with Crippen LogP contribution in [-0.2, 0) is 0 Å². The van der Waals surface area contributed by atoms with Crippen molar-refractivity contribution in [1.82, 2.24) is 15.6 Å². The Kier molecular flexibility index (Phi) is 5.47. The molecule has 8 heteroatoms. The summed E-state index contributed by atoms with van der Waals surface area (Å²) in [6.07, 6.45) is 1.56. The predicted molar refractivity (Wildman–Crippen MR) is 99.6 cm³/mol. The number of thiophene rings is 1. The molecule has 0 unspecified atom stereocenters. The van der Waals surface area contributed by atoms with Crippen molar-refractivity contribution in [2.45, 2.75) is 6.92 Å². The number of H-pyrrole nitrogens is 1. The molecular formula is C17H15ClN4O2S. The monoisotopic (exact) mass is 374 g/mol. The zero-order chi connectivity index (χ0) is 17.6. The molecule has 0 atom stereocenters. The predicted octanol–water partition coefficient (Wildman–Crippen LogP) is 3.95. The van der Waals surface area contributed by atoms with Crippen LogP contribution in [0, 0.1) is 0 Å². The number of nitrogens with one attached hydrogen (secondary N) is 2. The highest BCUT2D eigenvalue weighted by Gasteiger charge is 2.11. The first-order valence-corrected chi connectivity index (χ1v) is 8.72. The summed E-state index contributed by atoms with van der Waals surface area (Å²) in [5, 5.41) is 10.8. The van der Waals surface area contributed by atoms with Crippen LogP contribution in [0.15, 0.2) is 47.6 Å². The third-order valence-corrected chi connectivity index (χ3v) is 4.48. The van der Waals surface area contributed by atoms with Gasteiger partial charge in [-0.05, 0) is 55.0 Å². The highest BCUT2D eigenvalue weighted by molar-refractivity contribution is 7.19. The largest absolute Gasteiger partial charge is 0.494 e. The van der Waals surface area contributed by atoms with E-state index in [1.165, 1.54) is 11.3 Å². The minimum absolute atomic E-state index is 0.253. The summed E-state index contributed by atoms with van der Waals surface area (Å²) < 4.78 is 6.04. The van der Waals surface area contributed by atoms with Crippen molar-refractivity contribution in [2.75, 3.05) is 6.61 Å². The lowest BCUT2D eigenvalue weighted by Gasteiger charge is -2.02. The van der Waals surface area contributed by atoms with Gasteiger partial charge in [0.2, 0.25) is 0 Å². The van der Waals surface area contributed by atoms with E-state index < -0.39 is 5.91 Å². The molecule has 0 fully saturated rings. The van der Waals surface area contributed by atoms with Gasteiger partial charge in [0.15, 0.2) is 5.69 Å². The number of halogens is 1. The molecule has 0 spiro atoms. The number of hydrogen-bond donors (Lipinski definition) is 2. The maximum Gasteiger partial charge on any atom is 0.291 e. The van der Waals surface area contributed by atoms with Crippen LogP contribution in [0.4, 0.5) is 0 Å². The van der Waals surface area contributed by atoms with Crippen molar-refractivity contribution in [3.8, 4) is 16.3 Å². The SMILES string of the molecule is CCOc1ccc(C=NNC(=O)c2cc(-c3ccc(Cl)s3)[nH]n2)cc1. The molecule has 0 radical (unpaired) electrons. The lowest BCUT2D eigenvalue weighted by molar-refractivity contribution is 0.0950. The topological polar surface area (TPSA) is 79.4 Å². The maximum absolute atomic E-state index is 12.1. The molecule has 0 bridgehead atoms. The fourth-order valence-electron chi connectivity index (χ4n) is 2.06. The van der Waals surface area contributed by atoms with Crippen molar-refractivity contribution < 1.29 is 9.53 Å². The molecule has 0 aliphatic heterocycles. The van der Waals surface area contributed by atoms with Gasteiger partial charge in [-0.1, -0.05) is 11.6 Å². The second-order valence-corrected chi connectivity index (χ2v) is 6.69. The second kappa shape index (κ2) is 7.96. The maximum atomic E-state index is 12.1. The molecule has 128 valence electrons. The molecule has 0 aliphatic rings. The summed E-state index contributed by atoms with van der Waals surface area (Å²) in [7, 11) is 0. The summed E-state index contributed by atoms with van der Waals surface area (Å²) in [6, 6.07) is 12.7. The van der Waals surface area contributed by atoms with E-state index in [0.717, 1.165) is 21.9 Å². The summed E-state index contributed by atoms with van der Waals surface area (Å²) in [4.78, 5) is 13.0. The van der Waals surface area contributed by atoms with Crippen molar-refractivity contribution in [3.63, 3.8) is 0 Å². The van der Waals surface area contributed by atoms with Gasteiger partial charge in [0.25, 0.3) is 5.91 Å². The summed E-state index contributed by atoms with van der Waals surface area (Å²) >= 11 is 7.32. The van der Waals surface area contributed by atoms with Gasteiger partial charge < -0.3 is 4.74 Å².